The molecule has 0 amide bonds. The Kier molecular flexibility index (Phi) is 6.54. The standard InChI is InChI=1S/C12H25NS/c1-10(2)8-14-9-11(3)7-13-12(4,5)6/h10,13H,3,7-9H2,1-2,4-6H3. The normalized spacial score (nSPS) is 12.1. The van der Waals surface area contributed by atoms with Gasteiger partial charge in [0, 0.05) is 17.8 Å². The average molecular weight is 215 g/mol. The molecule has 0 saturated carbocycles. The summed E-state index contributed by atoms with van der Waals surface area (Å²) in [5.41, 5.74) is 1.50. The van der Waals surface area contributed by atoms with Crippen LogP contribution in [0.1, 0.15) is 34.6 Å². The Morgan fingerprint density at radius 3 is 2.36 bits per heavy atom. The molecule has 0 saturated heterocycles. The zero-order valence-electron chi connectivity index (χ0n) is 10.3. The van der Waals surface area contributed by atoms with Crippen LogP contribution in [0.2, 0.25) is 0 Å². The summed E-state index contributed by atoms with van der Waals surface area (Å²) >= 11 is 1.98. The van der Waals surface area contributed by atoms with E-state index in [-0.39, 0.29) is 5.54 Å². The van der Waals surface area contributed by atoms with Crippen molar-refractivity contribution in [3.63, 3.8) is 0 Å². The van der Waals surface area contributed by atoms with Crippen LogP contribution in [0, 0.1) is 5.92 Å². The first-order chi connectivity index (χ1) is 6.31. The molecule has 0 aromatic rings. The van der Waals surface area contributed by atoms with Crippen LogP contribution < -0.4 is 5.32 Å². The summed E-state index contributed by atoms with van der Waals surface area (Å²) in [6.45, 7) is 16.1. The first kappa shape index (κ1) is 14.1. The molecule has 0 fully saturated rings. The maximum absolute atomic E-state index is 4.07. The SMILES string of the molecule is C=C(CNC(C)(C)C)CSCC(C)C. The zero-order valence-corrected chi connectivity index (χ0v) is 11.1. The monoisotopic (exact) mass is 215 g/mol. The van der Waals surface area contributed by atoms with E-state index in [2.05, 4.69) is 46.5 Å². The van der Waals surface area contributed by atoms with Gasteiger partial charge in [-0.05, 0) is 32.4 Å². The molecule has 0 bridgehead atoms. The molecule has 0 spiro atoms. The van der Waals surface area contributed by atoms with Gasteiger partial charge in [0.2, 0.25) is 0 Å². The first-order valence-corrected chi connectivity index (χ1v) is 6.46. The molecule has 1 N–H and O–H groups in total. The molecule has 14 heavy (non-hydrogen) atoms. The first-order valence-electron chi connectivity index (χ1n) is 5.30. The van der Waals surface area contributed by atoms with E-state index < -0.39 is 0 Å². The van der Waals surface area contributed by atoms with Crippen molar-refractivity contribution in [2.24, 2.45) is 5.92 Å². The lowest BCUT2D eigenvalue weighted by molar-refractivity contribution is 0.445. The molecule has 0 aliphatic carbocycles. The Morgan fingerprint density at radius 1 is 1.36 bits per heavy atom. The minimum atomic E-state index is 0.200. The van der Waals surface area contributed by atoms with Gasteiger partial charge >= 0.3 is 0 Å². The van der Waals surface area contributed by atoms with Crippen LogP contribution in [-0.4, -0.2) is 23.6 Å². The highest BCUT2D eigenvalue weighted by atomic mass is 32.2. The van der Waals surface area contributed by atoms with Crippen molar-refractivity contribution in [3.05, 3.63) is 12.2 Å². The third kappa shape index (κ3) is 10.1. The van der Waals surface area contributed by atoms with Gasteiger partial charge in [0.15, 0.2) is 0 Å². The van der Waals surface area contributed by atoms with Gasteiger partial charge in [-0.1, -0.05) is 26.0 Å². The van der Waals surface area contributed by atoms with Gasteiger partial charge in [-0.3, -0.25) is 0 Å². The Bertz CT molecular complexity index is 168. The lowest BCUT2D eigenvalue weighted by Gasteiger charge is -2.21. The van der Waals surface area contributed by atoms with E-state index in [4.69, 9.17) is 0 Å². The summed E-state index contributed by atoms with van der Waals surface area (Å²) in [7, 11) is 0. The van der Waals surface area contributed by atoms with Crippen molar-refractivity contribution in [1.82, 2.24) is 5.32 Å². The average Bonchev–Trinajstić information content (AvgIpc) is 1.99. The highest BCUT2D eigenvalue weighted by Gasteiger charge is 2.08. The molecule has 0 heterocycles. The predicted octanol–water partition coefficient (Wildman–Crippen LogP) is 3.32. The fraction of sp³-hybridized carbons (Fsp3) is 0.833. The van der Waals surface area contributed by atoms with Gasteiger partial charge in [-0.15, -0.1) is 0 Å². The Hall–Kier alpha value is 0.0500. The third-order valence-corrected chi connectivity index (χ3v) is 3.14. The van der Waals surface area contributed by atoms with E-state index in [1.54, 1.807) is 0 Å². The second-order valence-electron chi connectivity index (χ2n) is 5.26. The molecule has 0 aromatic carbocycles. The molecule has 0 rings (SSSR count). The number of thioether (sulfide) groups is 1. The maximum atomic E-state index is 4.07. The topological polar surface area (TPSA) is 12.0 Å². The summed E-state index contributed by atoms with van der Waals surface area (Å²) in [5, 5.41) is 3.45. The summed E-state index contributed by atoms with van der Waals surface area (Å²) in [5.74, 6) is 3.10. The van der Waals surface area contributed by atoms with Crippen LogP contribution in [0.25, 0.3) is 0 Å². The minimum Gasteiger partial charge on any atom is -0.308 e. The molecule has 84 valence electrons. The summed E-state index contributed by atoms with van der Waals surface area (Å²) < 4.78 is 0. The van der Waals surface area contributed by atoms with E-state index in [0.717, 1.165) is 18.2 Å². The molecular weight excluding hydrogens is 190 g/mol. The lowest BCUT2D eigenvalue weighted by Crippen LogP contribution is -2.37. The summed E-state index contributed by atoms with van der Waals surface area (Å²) in [6, 6.07) is 0. The van der Waals surface area contributed by atoms with Crippen molar-refractivity contribution < 1.29 is 0 Å². The number of hydrogen-bond acceptors (Lipinski definition) is 2. The van der Waals surface area contributed by atoms with Crippen molar-refractivity contribution >= 4 is 11.8 Å². The summed E-state index contributed by atoms with van der Waals surface area (Å²) in [4.78, 5) is 0. The molecule has 0 aliphatic heterocycles. The third-order valence-electron chi connectivity index (χ3n) is 1.63. The fourth-order valence-corrected chi connectivity index (χ4v) is 1.86. The molecule has 2 heteroatoms. The van der Waals surface area contributed by atoms with Gasteiger partial charge in [0.25, 0.3) is 0 Å². The number of nitrogens with one attached hydrogen (secondary N) is 1. The largest absolute Gasteiger partial charge is 0.308 e. The van der Waals surface area contributed by atoms with E-state index in [9.17, 15) is 0 Å². The van der Waals surface area contributed by atoms with Crippen LogP contribution >= 0.6 is 11.8 Å². The van der Waals surface area contributed by atoms with Crippen LogP contribution in [0.15, 0.2) is 12.2 Å². The van der Waals surface area contributed by atoms with Crippen LogP contribution in [0.4, 0.5) is 0 Å². The molecule has 1 nitrogen and oxygen atoms in total. The van der Waals surface area contributed by atoms with E-state index in [0.29, 0.717) is 0 Å². The zero-order chi connectivity index (χ0) is 11.2. The molecule has 0 radical (unpaired) electrons. The van der Waals surface area contributed by atoms with Crippen molar-refractivity contribution in [2.75, 3.05) is 18.1 Å². The highest BCUT2D eigenvalue weighted by molar-refractivity contribution is 7.99. The smallest absolute Gasteiger partial charge is 0.0175 e. The highest BCUT2D eigenvalue weighted by Crippen LogP contribution is 2.11. The van der Waals surface area contributed by atoms with Gasteiger partial charge < -0.3 is 5.32 Å². The quantitative estimate of drug-likeness (QED) is 0.682. The number of hydrogen-bond donors (Lipinski definition) is 1. The second-order valence-corrected chi connectivity index (χ2v) is 6.29. The van der Waals surface area contributed by atoms with Crippen LogP contribution in [0.3, 0.4) is 0 Å². The van der Waals surface area contributed by atoms with Crippen LogP contribution in [-0.2, 0) is 0 Å². The fourth-order valence-electron chi connectivity index (χ4n) is 0.880. The van der Waals surface area contributed by atoms with Gasteiger partial charge in [-0.25, -0.2) is 0 Å². The van der Waals surface area contributed by atoms with E-state index >= 15 is 0 Å². The van der Waals surface area contributed by atoms with Crippen molar-refractivity contribution in [3.8, 4) is 0 Å². The van der Waals surface area contributed by atoms with Crippen LogP contribution in [0.5, 0.6) is 0 Å². The molecule has 0 atom stereocenters. The molecular formula is C12H25NS. The maximum Gasteiger partial charge on any atom is 0.0175 e. The molecule has 0 aliphatic rings. The van der Waals surface area contributed by atoms with Gasteiger partial charge in [0.1, 0.15) is 0 Å². The Morgan fingerprint density at radius 2 is 1.93 bits per heavy atom. The Labute approximate surface area is 93.7 Å². The van der Waals surface area contributed by atoms with Gasteiger partial charge in [0.05, 0.1) is 0 Å². The van der Waals surface area contributed by atoms with E-state index in [1.807, 2.05) is 11.8 Å². The second kappa shape index (κ2) is 6.52. The lowest BCUT2D eigenvalue weighted by atomic mass is 10.1. The van der Waals surface area contributed by atoms with Crippen molar-refractivity contribution in [2.45, 2.75) is 40.2 Å². The van der Waals surface area contributed by atoms with E-state index in [1.165, 1.54) is 11.3 Å². The van der Waals surface area contributed by atoms with Gasteiger partial charge in [-0.2, -0.15) is 11.8 Å². The number of rotatable bonds is 6. The molecule has 0 unspecified atom stereocenters. The minimum absolute atomic E-state index is 0.200. The Balaban J connectivity index is 3.47. The van der Waals surface area contributed by atoms with Crippen molar-refractivity contribution in [1.29, 1.82) is 0 Å². The predicted molar refractivity (Wildman–Crippen MR) is 69.1 cm³/mol. The molecule has 0 aromatic heterocycles. The summed E-state index contributed by atoms with van der Waals surface area (Å²) in [6.07, 6.45) is 0.